The van der Waals surface area contributed by atoms with Gasteiger partial charge in [0.2, 0.25) is 11.9 Å². The van der Waals surface area contributed by atoms with Crippen molar-refractivity contribution in [2.24, 2.45) is 41.8 Å². The molecule has 0 aromatic heterocycles. The van der Waals surface area contributed by atoms with Gasteiger partial charge in [0.25, 0.3) is 0 Å². The summed E-state index contributed by atoms with van der Waals surface area (Å²) in [4.78, 5) is 34.9. The molecule has 0 saturated heterocycles. The lowest BCUT2D eigenvalue weighted by molar-refractivity contribution is 0.0134. The van der Waals surface area contributed by atoms with Crippen molar-refractivity contribution in [3.63, 3.8) is 0 Å². The zero-order valence-corrected chi connectivity index (χ0v) is 35.0. The standard InChI is InChI=1S/C51H40N8O5/c1-29-9-8-12-38(29)50(30-15-19-34(63-3)20-16-30)45-54-40-14-7-5-11-37(40)42-25-32(53-48(57-50)59(42)45)28-64-35-21-17-31(18-22-35)51(44-43(61)26-33(60)27-49(44,2)62)46-55-39-13-6-4-10-36(39)41-23-24-52-47(56-51)58(41)46/h4-27,29,44,60-62H,28H2,1-3H3. The Morgan fingerprint density at radius 2 is 1.39 bits per heavy atom. The van der Waals surface area contributed by atoms with Gasteiger partial charge in [-0.1, -0.05) is 85.8 Å². The van der Waals surface area contributed by atoms with Crippen LogP contribution in [-0.4, -0.2) is 80.0 Å². The lowest BCUT2D eigenvalue weighted by atomic mass is 9.66. The predicted molar refractivity (Wildman–Crippen MR) is 248 cm³/mol. The highest BCUT2D eigenvalue weighted by atomic mass is 16.5. The fourth-order valence-corrected chi connectivity index (χ4v) is 10.3. The van der Waals surface area contributed by atoms with Crippen LogP contribution in [0.2, 0.25) is 0 Å². The summed E-state index contributed by atoms with van der Waals surface area (Å²) in [6.45, 7) is 3.84. The Balaban J connectivity index is 0.932. The third kappa shape index (κ3) is 5.27. The molecule has 12 rings (SSSR count). The number of aliphatic hydroxyl groups is 3. The Hall–Kier alpha value is -7.90. The second-order valence-electron chi connectivity index (χ2n) is 17.0. The molecule has 8 aliphatic rings. The number of hydrogen-bond donors (Lipinski definition) is 3. The van der Waals surface area contributed by atoms with Crippen molar-refractivity contribution in [3.8, 4) is 11.5 Å². The highest BCUT2D eigenvalue weighted by molar-refractivity contribution is 6.27. The van der Waals surface area contributed by atoms with Crippen LogP contribution in [0.5, 0.6) is 11.5 Å². The van der Waals surface area contributed by atoms with E-state index in [0.29, 0.717) is 40.5 Å². The highest BCUT2D eigenvalue weighted by Gasteiger charge is 2.62. The van der Waals surface area contributed by atoms with E-state index < -0.39 is 22.6 Å². The Kier molecular flexibility index (Phi) is 8.01. The van der Waals surface area contributed by atoms with Crippen LogP contribution >= 0.6 is 0 Å². The lowest BCUT2D eigenvalue weighted by Crippen LogP contribution is -2.54. The van der Waals surface area contributed by atoms with E-state index in [1.54, 1.807) is 20.2 Å². The third-order valence-corrected chi connectivity index (χ3v) is 13.1. The zero-order valence-electron chi connectivity index (χ0n) is 35.0. The van der Waals surface area contributed by atoms with Gasteiger partial charge in [0, 0.05) is 23.4 Å². The van der Waals surface area contributed by atoms with Gasteiger partial charge >= 0.3 is 0 Å². The summed E-state index contributed by atoms with van der Waals surface area (Å²) >= 11 is 0. The molecule has 2 aliphatic carbocycles. The molecular weight excluding hydrogens is 805 g/mol. The Labute approximate surface area is 368 Å². The number of methoxy groups -OCH3 is 1. The van der Waals surface area contributed by atoms with Gasteiger partial charge in [-0.3, -0.25) is 9.80 Å². The maximum atomic E-state index is 12.0. The molecule has 0 spiro atoms. The SMILES string of the molecule is COc1ccc(C2(C3=CC=CC3C)N=C3N=C(COc4ccc(C5(C6C(O)=CC(O)=CC6(C)O)N=C6N=CC=C7c8ccccc8N=C5N76)cc4)C=C4c5ccccc5N=C2N43)cc1. The van der Waals surface area contributed by atoms with E-state index in [0.717, 1.165) is 50.9 Å². The average molecular weight is 845 g/mol. The average Bonchev–Trinajstić information content (AvgIpc) is 3.98. The molecule has 6 aliphatic heterocycles. The number of fused-ring (bicyclic) bond motifs is 4. The molecule has 4 aromatic carbocycles. The molecule has 4 aromatic rings. The molecular formula is C51H40N8O5. The number of ether oxygens (including phenoxy) is 2. The molecule has 5 unspecified atom stereocenters. The van der Waals surface area contributed by atoms with Crippen LogP contribution in [-0.2, 0) is 11.1 Å². The maximum absolute atomic E-state index is 12.0. The Morgan fingerprint density at radius 3 is 2.09 bits per heavy atom. The molecule has 3 N–H and O–H groups in total. The van der Waals surface area contributed by atoms with Crippen LogP contribution in [0.3, 0.4) is 0 Å². The predicted octanol–water partition coefficient (Wildman–Crippen LogP) is 8.61. The molecule has 64 heavy (non-hydrogen) atoms. The van der Waals surface area contributed by atoms with Crippen molar-refractivity contribution in [1.29, 1.82) is 0 Å². The van der Waals surface area contributed by atoms with Gasteiger partial charge in [0.05, 0.1) is 47.1 Å². The normalized spacial score (nSPS) is 27.6. The van der Waals surface area contributed by atoms with Gasteiger partial charge in [-0.25, -0.2) is 30.0 Å². The first-order valence-electron chi connectivity index (χ1n) is 21.1. The van der Waals surface area contributed by atoms with E-state index in [2.05, 4.69) is 53.2 Å². The lowest BCUT2D eigenvalue weighted by Gasteiger charge is -2.44. The first kappa shape index (κ1) is 37.8. The molecule has 314 valence electrons. The monoisotopic (exact) mass is 844 g/mol. The second-order valence-corrected chi connectivity index (χ2v) is 17.0. The van der Waals surface area contributed by atoms with Gasteiger partial charge in [-0.2, -0.15) is 0 Å². The number of rotatable bonds is 8. The van der Waals surface area contributed by atoms with Crippen molar-refractivity contribution in [1.82, 2.24) is 9.80 Å². The molecule has 0 bridgehead atoms. The van der Waals surface area contributed by atoms with Crippen molar-refractivity contribution in [2.75, 3.05) is 13.7 Å². The Bertz CT molecular complexity index is 3130. The number of aliphatic hydroxyl groups excluding tert-OH is 2. The summed E-state index contributed by atoms with van der Waals surface area (Å²) in [7, 11) is 1.66. The van der Waals surface area contributed by atoms with Crippen LogP contribution in [0.15, 0.2) is 187 Å². The van der Waals surface area contributed by atoms with E-state index in [1.165, 1.54) is 12.2 Å². The van der Waals surface area contributed by atoms with E-state index in [4.69, 9.17) is 34.4 Å². The van der Waals surface area contributed by atoms with Gasteiger partial charge in [0.15, 0.2) is 16.9 Å². The quantitative estimate of drug-likeness (QED) is 0.160. The van der Waals surface area contributed by atoms with E-state index >= 15 is 0 Å². The summed E-state index contributed by atoms with van der Waals surface area (Å²) in [6.07, 6.45) is 14.6. The molecule has 13 heteroatoms. The number of benzene rings is 4. The largest absolute Gasteiger partial charge is 0.512 e. The molecule has 5 atom stereocenters. The van der Waals surface area contributed by atoms with Crippen molar-refractivity contribution >= 4 is 58.3 Å². The van der Waals surface area contributed by atoms with Crippen molar-refractivity contribution in [3.05, 3.63) is 179 Å². The van der Waals surface area contributed by atoms with Gasteiger partial charge < -0.3 is 24.8 Å². The fourth-order valence-electron chi connectivity index (χ4n) is 10.3. The molecule has 0 radical (unpaired) electrons. The van der Waals surface area contributed by atoms with Gasteiger partial charge in [-0.05, 0) is 84.2 Å². The minimum Gasteiger partial charge on any atom is -0.512 e. The number of allylic oxidation sites excluding steroid dienone is 5. The fraction of sp³-hybridized carbons (Fsp3) is 0.176. The number of para-hydroxylation sites is 2. The number of guanidine groups is 2. The van der Waals surface area contributed by atoms with Crippen LogP contribution in [0, 0.1) is 11.8 Å². The summed E-state index contributed by atoms with van der Waals surface area (Å²) in [5.74, 6) is 1.91. The number of aliphatic imine (C=N–C) groups is 6. The van der Waals surface area contributed by atoms with Gasteiger partial charge in [0.1, 0.15) is 35.5 Å². The van der Waals surface area contributed by atoms with E-state index in [-0.39, 0.29) is 24.0 Å². The summed E-state index contributed by atoms with van der Waals surface area (Å²) in [5.41, 5.74) is 4.30. The topological polar surface area (TPSA) is 160 Å². The number of hydrogen-bond acceptors (Lipinski definition) is 13. The van der Waals surface area contributed by atoms with Gasteiger partial charge in [-0.15, -0.1) is 0 Å². The maximum Gasteiger partial charge on any atom is 0.233 e. The molecule has 0 saturated carbocycles. The molecule has 0 fully saturated rings. The zero-order chi connectivity index (χ0) is 43.5. The van der Waals surface area contributed by atoms with Crippen LogP contribution in [0.4, 0.5) is 11.4 Å². The number of amidine groups is 2. The molecule has 13 nitrogen and oxygen atoms in total. The smallest absolute Gasteiger partial charge is 0.233 e. The first-order valence-corrected chi connectivity index (χ1v) is 21.1. The van der Waals surface area contributed by atoms with Crippen LogP contribution in [0.25, 0.3) is 11.4 Å². The first-order chi connectivity index (χ1) is 31.1. The minimum absolute atomic E-state index is 0.103. The third-order valence-electron chi connectivity index (χ3n) is 13.1. The minimum atomic E-state index is -1.76. The highest BCUT2D eigenvalue weighted by Crippen LogP contribution is 2.55. The van der Waals surface area contributed by atoms with Crippen molar-refractivity contribution in [2.45, 2.75) is 30.5 Å². The second kappa shape index (κ2) is 13.5. The summed E-state index contributed by atoms with van der Waals surface area (Å²) in [6, 6.07) is 31.3. The van der Waals surface area contributed by atoms with Crippen LogP contribution < -0.4 is 9.47 Å². The summed E-state index contributed by atoms with van der Waals surface area (Å²) < 4.78 is 12.1. The molecule has 6 heterocycles. The van der Waals surface area contributed by atoms with Crippen molar-refractivity contribution < 1.29 is 24.8 Å². The van der Waals surface area contributed by atoms with Crippen LogP contribution in [0.1, 0.15) is 36.1 Å². The van der Waals surface area contributed by atoms with E-state index in [1.807, 2.05) is 95.9 Å². The molecule has 0 amide bonds. The Morgan fingerprint density at radius 1 is 0.719 bits per heavy atom. The summed E-state index contributed by atoms with van der Waals surface area (Å²) in [5, 5.41) is 34.3. The number of nitrogens with zero attached hydrogens (tertiary/aromatic N) is 8. The van der Waals surface area contributed by atoms with E-state index in [9.17, 15) is 15.3 Å².